The van der Waals surface area contributed by atoms with E-state index in [4.69, 9.17) is 4.74 Å². The van der Waals surface area contributed by atoms with Crippen molar-refractivity contribution in [2.24, 2.45) is 0 Å². The summed E-state index contributed by atoms with van der Waals surface area (Å²) in [7, 11) is 1.54. The number of anilines is 1. The Kier molecular flexibility index (Phi) is 3.90. The highest BCUT2D eigenvalue weighted by Crippen LogP contribution is 2.45. The molecule has 0 aliphatic carbocycles. The van der Waals surface area contributed by atoms with Crippen molar-refractivity contribution >= 4 is 17.5 Å². The Morgan fingerprint density at radius 3 is 2.73 bits per heavy atom. The third-order valence-electron chi connectivity index (χ3n) is 5.48. The number of ether oxygens (including phenoxy) is 1. The van der Waals surface area contributed by atoms with Crippen molar-refractivity contribution in [3.05, 3.63) is 53.3 Å². The highest BCUT2D eigenvalue weighted by Gasteiger charge is 2.48. The first-order valence-corrected chi connectivity index (χ1v) is 8.76. The molecule has 1 N–H and O–H groups in total. The van der Waals surface area contributed by atoms with E-state index in [2.05, 4.69) is 10.3 Å². The molecule has 2 aliphatic rings. The molecule has 1 saturated heterocycles. The zero-order valence-electron chi connectivity index (χ0n) is 14.9. The Morgan fingerprint density at radius 1 is 1.27 bits per heavy atom. The molecule has 0 bridgehead atoms. The summed E-state index contributed by atoms with van der Waals surface area (Å²) in [4.78, 5) is 31.6. The summed E-state index contributed by atoms with van der Waals surface area (Å²) >= 11 is 0. The van der Waals surface area contributed by atoms with E-state index in [0.717, 1.165) is 16.9 Å². The lowest BCUT2D eigenvalue weighted by Gasteiger charge is -2.38. The van der Waals surface area contributed by atoms with Crippen LogP contribution in [0.1, 0.15) is 34.5 Å². The highest BCUT2D eigenvalue weighted by molar-refractivity contribution is 6.06. The molecule has 6 heteroatoms. The summed E-state index contributed by atoms with van der Waals surface area (Å²) in [6.45, 7) is 2.91. The molecule has 0 atom stereocenters. The van der Waals surface area contributed by atoms with Crippen molar-refractivity contribution in [2.75, 3.05) is 25.5 Å². The SMILES string of the molecule is COc1cnc(C)cc1C(=O)N1CCC2(CC1)C(=O)Nc1ccccc12. The van der Waals surface area contributed by atoms with Gasteiger partial charge in [-0.05, 0) is 37.5 Å². The zero-order valence-corrected chi connectivity index (χ0v) is 14.9. The molecule has 2 amide bonds. The Labute approximate surface area is 152 Å². The summed E-state index contributed by atoms with van der Waals surface area (Å²) in [6, 6.07) is 9.59. The fourth-order valence-electron chi connectivity index (χ4n) is 4.01. The van der Waals surface area contributed by atoms with E-state index in [1.165, 1.54) is 7.11 Å². The van der Waals surface area contributed by atoms with E-state index < -0.39 is 5.41 Å². The first kappa shape index (κ1) is 16.6. The van der Waals surface area contributed by atoms with Gasteiger partial charge in [0.05, 0.1) is 24.3 Å². The minimum Gasteiger partial charge on any atom is -0.494 e. The van der Waals surface area contributed by atoms with Gasteiger partial charge in [-0.3, -0.25) is 14.6 Å². The van der Waals surface area contributed by atoms with E-state index in [1.807, 2.05) is 31.2 Å². The number of benzene rings is 1. The van der Waals surface area contributed by atoms with Gasteiger partial charge in [0, 0.05) is 24.5 Å². The molecule has 6 nitrogen and oxygen atoms in total. The molecule has 1 aromatic heterocycles. The molecule has 3 heterocycles. The molecular weight excluding hydrogens is 330 g/mol. The number of aromatic nitrogens is 1. The van der Waals surface area contributed by atoms with Crippen LogP contribution in [0.3, 0.4) is 0 Å². The maximum atomic E-state index is 13.0. The number of nitrogens with zero attached hydrogens (tertiary/aromatic N) is 2. The second-order valence-corrected chi connectivity index (χ2v) is 6.90. The van der Waals surface area contributed by atoms with Crippen LogP contribution < -0.4 is 10.1 Å². The number of piperidine rings is 1. The largest absolute Gasteiger partial charge is 0.494 e. The summed E-state index contributed by atoms with van der Waals surface area (Å²) in [5, 5.41) is 2.99. The van der Waals surface area contributed by atoms with Gasteiger partial charge in [0.2, 0.25) is 5.91 Å². The topological polar surface area (TPSA) is 71.5 Å². The van der Waals surface area contributed by atoms with Crippen LogP contribution in [0.5, 0.6) is 5.75 Å². The fourth-order valence-corrected chi connectivity index (χ4v) is 4.01. The van der Waals surface area contributed by atoms with Crippen molar-refractivity contribution in [3.8, 4) is 5.75 Å². The van der Waals surface area contributed by atoms with Gasteiger partial charge >= 0.3 is 0 Å². The average molecular weight is 351 g/mol. The number of hydrogen-bond donors (Lipinski definition) is 1. The van der Waals surface area contributed by atoms with Crippen LogP contribution in [-0.2, 0) is 10.2 Å². The lowest BCUT2D eigenvalue weighted by molar-refractivity contribution is -0.122. The summed E-state index contributed by atoms with van der Waals surface area (Å²) in [5.74, 6) is 0.446. The van der Waals surface area contributed by atoms with Crippen LogP contribution in [0.25, 0.3) is 0 Å². The lowest BCUT2D eigenvalue weighted by Crippen LogP contribution is -2.48. The number of rotatable bonds is 2. The monoisotopic (exact) mass is 351 g/mol. The second-order valence-electron chi connectivity index (χ2n) is 6.90. The summed E-state index contributed by atoms with van der Waals surface area (Å²) in [6.07, 6.45) is 2.82. The van der Waals surface area contributed by atoms with Gasteiger partial charge in [-0.25, -0.2) is 0 Å². The number of nitrogens with one attached hydrogen (secondary N) is 1. The number of amides is 2. The maximum Gasteiger partial charge on any atom is 0.257 e. The van der Waals surface area contributed by atoms with Gasteiger partial charge in [0.1, 0.15) is 5.75 Å². The molecule has 134 valence electrons. The molecule has 26 heavy (non-hydrogen) atoms. The molecule has 2 aliphatic heterocycles. The zero-order chi connectivity index (χ0) is 18.3. The Hall–Kier alpha value is -2.89. The molecule has 2 aromatic rings. The molecule has 0 saturated carbocycles. The number of carbonyl (C=O) groups excluding carboxylic acids is 2. The van der Waals surface area contributed by atoms with Gasteiger partial charge < -0.3 is 15.0 Å². The number of methoxy groups -OCH3 is 1. The molecule has 0 radical (unpaired) electrons. The van der Waals surface area contributed by atoms with Crippen molar-refractivity contribution in [1.29, 1.82) is 0 Å². The van der Waals surface area contributed by atoms with E-state index >= 15 is 0 Å². The van der Waals surface area contributed by atoms with E-state index in [9.17, 15) is 9.59 Å². The molecule has 1 spiro atoms. The van der Waals surface area contributed by atoms with E-state index in [1.54, 1.807) is 17.2 Å². The quantitative estimate of drug-likeness (QED) is 0.902. The minimum absolute atomic E-state index is 0.0446. The number of carbonyl (C=O) groups is 2. The van der Waals surface area contributed by atoms with E-state index in [0.29, 0.717) is 37.2 Å². The molecule has 4 rings (SSSR count). The molecular formula is C20H21N3O3. The van der Waals surface area contributed by atoms with Gasteiger partial charge in [-0.2, -0.15) is 0 Å². The number of likely N-dealkylation sites (tertiary alicyclic amines) is 1. The second kappa shape index (κ2) is 6.12. The van der Waals surface area contributed by atoms with Crippen molar-refractivity contribution in [2.45, 2.75) is 25.2 Å². The highest BCUT2D eigenvalue weighted by atomic mass is 16.5. The van der Waals surface area contributed by atoms with Crippen molar-refractivity contribution < 1.29 is 14.3 Å². The molecule has 0 unspecified atom stereocenters. The van der Waals surface area contributed by atoms with Crippen LogP contribution in [0.4, 0.5) is 5.69 Å². The van der Waals surface area contributed by atoms with Crippen molar-refractivity contribution in [3.63, 3.8) is 0 Å². The number of fused-ring (bicyclic) bond motifs is 2. The Morgan fingerprint density at radius 2 is 2.00 bits per heavy atom. The number of pyridine rings is 1. The predicted molar refractivity (Wildman–Crippen MR) is 97.4 cm³/mol. The van der Waals surface area contributed by atoms with Gasteiger partial charge in [-0.1, -0.05) is 18.2 Å². The van der Waals surface area contributed by atoms with Crippen LogP contribution in [0.2, 0.25) is 0 Å². The van der Waals surface area contributed by atoms with Crippen molar-refractivity contribution in [1.82, 2.24) is 9.88 Å². The Bertz CT molecular complexity index is 886. The van der Waals surface area contributed by atoms with Gasteiger partial charge in [0.15, 0.2) is 0 Å². The smallest absolute Gasteiger partial charge is 0.257 e. The lowest BCUT2D eigenvalue weighted by atomic mass is 9.73. The average Bonchev–Trinajstić information content (AvgIpc) is 2.93. The minimum atomic E-state index is -0.522. The number of para-hydroxylation sites is 1. The van der Waals surface area contributed by atoms with Crippen LogP contribution >= 0.6 is 0 Å². The van der Waals surface area contributed by atoms with E-state index in [-0.39, 0.29) is 11.8 Å². The fraction of sp³-hybridized carbons (Fsp3) is 0.350. The third-order valence-corrected chi connectivity index (χ3v) is 5.48. The maximum absolute atomic E-state index is 13.0. The summed E-state index contributed by atoms with van der Waals surface area (Å²) < 4.78 is 5.29. The molecule has 1 aromatic carbocycles. The Balaban J connectivity index is 1.57. The normalized spacial score (nSPS) is 17.8. The summed E-state index contributed by atoms with van der Waals surface area (Å²) in [5.41, 5.74) is 2.71. The van der Waals surface area contributed by atoms with Crippen LogP contribution in [0, 0.1) is 6.92 Å². The van der Waals surface area contributed by atoms with Gasteiger partial charge in [-0.15, -0.1) is 0 Å². The number of aryl methyl sites for hydroxylation is 1. The van der Waals surface area contributed by atoms with Crippen LogP contribution in [0.15, 0.2) is 36.5 Å². The first-order chi connectivity index (χ1) is 12.5. The van der Waals surface area contributed by atoms with Gasteiger partial charge in [0.25, 0.3) is 5.91 Å². The number of hydrogen-bond acceptors (Lipinski definition) is 4. The standard InChI is InChI=1S/C20H21N3O3/c1-13-11-14(17(26-2)12-21-13)18(24)23-9-7-20(8-10-23)15-5-3-4-6-16(15)22-19(20)25/h3-6,11-12H,7-10H2,1-2H3,(H,22,25). The predicted octanol–water partition coefficient (Wildman–Crippen LogP) is 2.52. The third kappa shape index (κ3) is 2.44. The van der Waals surface area contributed by atoms with Crippen LogP contribution in [-0.4, -0.2) is 41.9 Å². The first-order valence-electron chi connectivity index (χ1n) is 8.76. The molecule has 1 fully saturated rings.